The molecule has 0 bridgehead atoms. The van der Waals surface area contributed by atoms with E-state index < -0.39 is 0 Å². The number of carbonyl (C=O) groups excluding carboxylic acids is 1. The summed E-state index contributed by atoms with van der Waals surface area (Å²) < 4.78 is 0. The summed E-state index contributed by atoms with van der Waals surface area (Å²) in [4.78, 5) is 11.2. The molecule has 1 aromatic rings. The number of nitrogens with one attached hydrogen (secondary N) is 1. The van der Waals surface area contributed by atoms with Gasteiger partial charge in [0.1, 0.15) is 0 Å². The Morgan fingerprint density at radius 3 is 2.88 bits per heavy atom. The minimum Gasteiger partial charge on any atom is -0.398 e. The second kappa shape index (κ2) is 5.95. The third-order valence-corrected chi connectivity index (χ3v) is 2.46. The molecule has 0 aromatic heterocycles. The Morgan fingerprint density at radius 2 is 2.25 bits per heavy atom. The van der Waals surface area contributed by atoms with Crippen LogP contribution in [0, 0.1) is 0 Å². The van der Waals surface area contributed by atoms with Gasteiger partial charge in [0.15, 0.2) is 0 Å². The van der Waals surface area contributed by atoms with Crippen molar-refractivity contribution in [3.05, 3.63) is 35.4 Å². The van der Waals surface area contributed by atoms with Gasteiger partial charge in [0.05, 0.1) is 0 Å². The van der Waals surface area contributed by atoms with Gasteiger partial charge in [-0.1, -0.05) is 24.3 Å². The molecule has 0 atom stereocenters. The second-order valence-corrected chi connectivity index (χ2v) is 3.59. The van der Waals surface area contributed by atoms with Crippen LogP contribution in [0.2, 0.25) is 0 Å². The van der Waals surface area contributed by atoms with Crippen LogP contribution in [0.3, 0.4) is 0 Å². The second-order valence-electron chi connectivity index (χ2n) is 3.59. The fourth-order valence-electron chi connectivity index (χ4n) is 1.59. The summed E-state index contributed by atoms with van der Waals surface area (Å²) in [6.07, 6.45) is 5.14. The van der Waals surface area contributed by atoms with Gasteiger partial charge in [0.25, 0.3) is 0 Å². The number of amides is 1. The fourth-order valence-corrected chi connectivity index (χ4v) is 1.59. The molecular weight excluding hydrogens is 200 g/mol. The molecule has 0 aliphatic rings. The Morgan fingerprint density at radius 1 is 1.50 bits per heavy atom. The topological polar surface area (TPSA) is 55.1 Å². The highest BCUT2D eigenvalue weighted by Gasteiger charge is 2.05. The number of nitrogen functional groups attached to an aromatic ring is 1. The number of rotatable bonds is 4. The van der Waals surface area contributed by atoms with Crippen LogP contribution in [-0.4, -0.2) is 13.0 Å². The van der Waals surface area contributed by atoms with E-state index in [2.05, 4.69) is 5.32 Å². The summed E-state index contributed by atoms with van der Waals surface area (Å²) in [6.45, 7) is 1.95. The Kier molecular flexibility index (Phi) is 4.58. The molecule has 16 heavy (non-hydrogen) atoms. The van der Waals surface area contributed by atoms with Gasteiger partial charge in [-0.25, -0.2) is 0 Å². The highest BCUT2D eigenvalue weighted by molar-refractivity contribution is 5.76. The quantitative estimate of drug-likeness (QED) is 0.759. The van der Waals surface area contributed by atoms with Gasteiger partial charge in [-0.3, -0.25) is 4.79 Å². The van der Waals surface area contributed by atoms with Gasteiger partial charge in [-0.2, -0.15) is 0 Å². The van der Waals surface area contributed by atoms with E-state index in [0.29, 0.717) is 12.8 Å². The predicted octanol–water partition coefficient (Wildman–Crippen LogP) is 1.98. The van der Waals surface area contributed by atoms with Gasteiger partial charge in [0.2, 0.25) is 5.91 Å². The fraction of sp³-hybridized carbons (Fsp3) is 0.308. The van der Waals surface area contributed by atoms with Gasteiger partial charge < -0.3 is 11.1 Å². The van der Waals surface area contributed by atoms with Gasteiger partial charge in [-0.05, 0) is 25.0 Å². The van der Waals surface area contributed by atoms with E-state index in [-0.39, 0.29) is 5.91 Å². The monoisotopic (exact) mass is 218 g/mol. The molecule has 0 saturated carbocycles. The first kappa shape index (κ1) is 12.3. The zero-order chi connectivity index (χ0) is 12.0. The molecule has 0 radical (unpaired) electrons. The maximum atomic E-state index is 11.2. The molecule has 1 amide bonds. The molecule has 86 valence electrons. The van der Waals surface area contributed by atoms with E-state index >= 15 is 0 Å². The summed E-state index contributed by atoms with van der Waals surface area (Å²) in [7, 11) is 1.65. The lowest BCUT2D eigenvalue weighted by Crippen LogP contribution is -2.18. The minimum absolute atomic E-state index is 0.0499. The lowest BCUT2D eigenvalue weighted by atomic mass is 10.0. The Labute approximate surface area is 96.3 Å². The minimum atomic E-state index is 0.0499. The molecule has 1 rings (SSSR count). The molecule has 3 nitrogen and oxygen atoms in total. The normalized spacial score (nSPS) is 10.6. The van der Waals surface area contributed by atoms with Crippen LogP contribution in [0.5, 0.6) is 0 Å². The smallest absolute Gasteiger partial charge is 0.220 e. The van der Waals surface area contributed by atoms with Crippen LogP contribution in [0.15, 0.2) is 24.3 Å². The molecule has 0 fully saturated rings. The van der Waals surface area contributed by atoms with Crippen molar-refractivity contribution in [1.29, 1.82) is 0 Å². The average molecular weight is 218 g/mol. The van der Waals surface area contributed by atoms with E-state index in [9.17, 15) is 4.79 Å². The summed E-state index contributed by atoms with van der Waals surface area (Å²) in [5, 5.41) is 2.61. The molecule has 0 spiro atoms. The molecular formula is C13H18N2O. The van der Waals surface area contributed by atoms with Crippen LogP contribution < -0.4 is 11.1 Å². The third kappa shape index (κ3) is 3.12. The van der Waals surface area contributed by atoms with Crippen molar-refractivity contribution < 1.29 is 4.79 Å². The van der Waals surface area contributed by atoms with E-state index in [1.165, 1.54) is 0 Å². The van der Waals surface area contributed by atoms with Crippen LogP contribution in [0.25, 0.3) is 6.08 Å². The van der Waals surface area contributed by atoms with Crippen molar-refractivity contribution in [1.82, 2.24) is 5.32 Å². The number of hydrogen-bond acceptors (Lipinski definition) is 2. The van der Waals surface area contributed by atoms with Crippen LogP contribution in [0.1, 0.15) is 24.5 Å². The van der Waals surface area contributed by atoms with Crippen molar-refractivity contribution in [2.75, 3.05) is 12.8 Å². The van der Waals surface area contributed by atoms with E-state index in [4.69, 9.17) is 5.73 Å². The van der Waals surface area contributed by atoms with Crippen molar-refractivity contribution in [2.24, 2.45) is 0 Å². The summed E-state index contributed by atoms with van der Waals surface area (Å²) in [5.74, 6) is 0.0499. The van der Waals surface area contributed by atoms with E-state index in [0.717, 1.165) is 16.8 Å². The molecule has 0 saturated heterocycles. The molecule has 0 heterocycles. The number of nitrogens with two attached hydrogens (primary N) is 1. The first-order chi connectivity index (χ1) is 7.69. The summed E-state index contributed by atoms with van der Waals surface area (Å²) in [5.41, 5.74) is 8.79. The van der Waals surface area contributed by atoms with Crippen LogP contribution in [0.4, 0.5) is 5.69 Å². The van der Waals surface area contributed by atoms with Gasteiger partial charge >= 0.3 is 0 Å². The maximum Gasteiger partial charge on any atom is 0.220 e. The lowest BCUT2D eigenvalue weighted by Gasteiger charge is -2.08. The lowest BCUT2D eigenvalue weighted by molar-refractivity contribution is -0.120. The van der Waals surface area contributed by atoms with Gasteiger partial charge in [0, 0.05) is 24.7 Å². The highest BCUT2D eigenvalue weighted by Crippen LogP contribution is 2.20. The standard InChI is InChI=1S/C13H18N2O/c1-3-5-11-10(6-4-7-12(11)14)8-9-13(16)15-2/h3-7H,8-9,14H2,1-2H3,(H,15,16)/b5-3-. The molecule has 0 aliphatic carbocycles. The Bertz CT molecular complexity index is 397. The maximum absolute atomic E-state index is 11.2. The molecule has 1 aromatic carbocycles. The SMILES string of the molecule is C/C=C\c1c(N)cccc1CCC(=O)NC. The first-order valence-corrected chi connectivity index (χ1v) is 5.39. The number of anilines is 1. The van der Waals surface area contributed by atoms with Crippen LogP contribution in [-0.2, 0) is 11.2 Å². The predicted molar refractivity (Wildman–Crippen MR) is 68.0 cm³/mol. The average Bonchev–Trinajstić information content (AvgIpc) is 2.29. The summed E-state index contributed by atoms with van der Waals surface area (Å²) in [6, 6.07) is 5.80. The zero-order valence-electron chi connectivity index (χ0n) is 9.79. The Balaban J connectivity index is 2.86. The number of carbonyl (C=O) groups is 1. The third-order valence-electron chi connectivity index (χ3n) is 2.46. The van der Waals surface area contributed by atoms with Crippen molar-refractivity contribution in [2.45, 2.75) is 19.8 Å². The van der Waals surface area contributed by atoms with E-state index in [1.807, 2.05) is 37.3 Å². The van der Waals surface area contributed by atoms with E-state index in [1.54, 1.807) is 7.05 Å². The number of hydrogen-bond donors (Lipinski definition) is 2. The Hall–Kier alpha value is -1.77. The number of benzene rings is 1. The zero-order valence-corrected chi connectivity index (χ0v) is 9.79. The first-order valence-electron chi connectivity index (χ1n) is 5.39. The largest absolute Gasteiger partial charge is 0.398 e. The highest BCUT2D eigenvalue weighted by atomic mass is 16.1. The molecule has 3 heteroatoms. The van der Waals surface area contributed by atoms with Crippen molar-refractivity contribution >= 4 is 17.7 Å². The summed E-state index contributed by atoms with van der Waals surface area (Å²) >= 11 is 0. The molecule has 3 N–H and O–H groups in total. The molecule has 0 aliphatic heterocycles. The number of aryl methyl sites for hydroxylation is 1. The van der Waals surface area contributed by atoms with Crippen molar-refractivity contribution in [3.63, 3.8) is 0 Å². The van der Waals surface area contributed by atoms with Gasteiger partial charge in [-0.15, -0.1) is 0 Å². The number of allylic oxidation sites excluding steroid dienone is 1. The van der Waals surface area contributed by atoms with Crippen LogP contribution >= 0.6 is 0 Å². The van der Waals surface area contributed by atoms with Crippen molar-refractivity contribution in [3.8, 4) is 0 Å². The molecule has 0 unspecified atom stereocenters.